The van der Waals surface area contributed by atoms with E-state index in [-0.39, 0.29) is 0 Å². The third-order valence-electron chi connectivity index (χ3n) is 3.56. The van der Waals surface area contributed by atoms with Crippen LogP contribution in [0.25, 0.3) is 11.5 Å². The molecular weight excluding hydrogens is 262 g/mol. The predicted octanol–water partition coefficient (Wildman–Crippen LogP) is 3.97. The van der Waals surface area contributed by atoms with Gasteiger partial charge in [0.1, 0.15) is 0 Å². The van der Waals surface area contributed by atoms with Crippen molar-refractivity contribution >= 4 is 5.69 Å². The van der Waals surface area contributed by atoms with Crippen LogP contribution in [0.15, 0.2) is 53.3 Å². The Hall–Kier alpha value is -2.62. The fourth-order valence-electron chi connectivity index (χ4n) is 2.29. The highest BCUT2D eigenvalue weighted by atomic mass is 16.4. The molecule has 4 heteroatoms. The second-order valence-electron chi connectivity index (χ2n) is 5.05. The van der Waals surface area contributed by atoms with Crippen LogP contribution in [0.2, 0.25) is 0 Å². The number of aromatic nitrogens is 2. The minimum Gasteiger partial charge on any atom is -0.423 e. The minimum absolute atomic E-state index is 0.545. The van der Waals surface area contributed by atoms with Crippen molar-refractivity contribution in [2.24, 2.45) is 0 Å². The standard InChI is InChI=1S/C17H17N3O/c1-12-5-3-4-6-15(12)10-18-16-8-7-14(9-13(16)2)17-20-19-11-21-17/h3-9,11,18H,10H2,1-2H3. The highest BCUT2D eigenvalue weighted by molar-refractivity contribution is 5.62. The normalized spacial score (nSPS) is 10.6. The van der Waals surface area contributed by atoms with Gasteiger partial charge in [-0.1, -0.05) is 24.3 Å². The van der Waals surface area contributed by atoms with Gasteiger partial charge < -0.3 is 9.73 Å². The van der Waals surface area contributed by atoms with Crippen molar-refractivity contribution in [1.82, 2.24) is 10.2 Å². The molecule has 106 valence electrons. The van der Waals surface area contributed by atoms with Crippen LogP contribution >= 0.6 is 0 Å². The van der Waals surface area contributed by atoms with E-state index < -0.39 is 0 Å². The van der Waals surface area contributed by atoms with Crippen LogP contribution in [-0.2, 0) is 6.54 Å². The van der Waals surface area contributed by atoms with E-state index in [1.54, 1.807) is 0 Å². The molecule has 0 unspecified atom stereocenters. The average molecular weight is 279 g/mol. The molecule has 0 bridgehead atoms. The molecule has 4 nitrogen and oxygen atoms in total. The van der Waals surface area contributed by atoms with Gasteiger partial charge in [0.25, 0.3) is 0 Å². The first-order valence-electron chi connectivity index (χ1n) is 6.89. The summed E-state index contributed by atoms with van der Waals surface area (Å²) in [5.41, 5.74) is 5.80. The Morgan fingerprint density at radius 3 is 2.62 bits per heavy atom. The van der Waals surface area contributed by atoms with Crippen LogP contribution in [-0.4, -0.2) is 10.2 Å². The quantitative estimate of drug-likeness (QED) is 0.785. The molecule has 2 aromatic carbocycles. The molecule has 3 rings (SSSR count). The summed E-state index contributed by atoms with van der Waals surface area (Å²) in [5.74, 6) is 0.545. The van der Waals surface area contributed by atoms with E-state index in [2.05, 4.69) is 53.6 Å². The van der Waals surface area contributed by atoms with Crippen LogP contribution < -0.4 is 5.32 Å². The van der Waals surface area contributed by atoms with Gasteiger partial charge in [-0.25, -0.2) is 0 Å². The lowest BCUT2D eigenvalue weighted by molar-refractivity contribution is 0.568. The lowest BCUT2D eigenvalue weighted by Crippen LogP contribution is -2.02. The summed E-state index contributed by atoms with van der Waals surface area (Å²) in [6.07, 6.45) is 1.34. The molecule has 3 aromatic rings. The third kappa shape index (κ3) is 2.94. The SMILES string of the molecule is Cc1ccccc1CNc1ccc(-c2nnco2)cc1C. The molecule has 0 atom stereocenters. The fraction of sp³-hybridized carbons (Fsp3) is 0.176. The van der Waals surface area contributed by atoms with Gasteiger partial charge in [-0.15, -0.1) is 10.2 Å². The number of hydrogen-bond donors (Lipinski definition) is 1. The van der Waals surface area contributed by atoms with Gasteiger partial charge in [-0.3, -0.25) is 0 Å². The second kappa shape index (κ2) is 5.79. The summed E-state index contributed by atoms with van der Waals surface area (Å²) in [4.78, 5) is 0. The third-order valence-corrected chi connectivity index (χ3v) is 3.56. The molecule has 0 saturated carbocycles. The Morgan fingerprint density at radius 2 is 1.90 bits per heavy atom. The molecule has 21 heavy (non-hydrogen) atoms. The smallest absolute Gasteiger partial charge is 0.247 e. The molecule has 0 aliphatic carbocycles. The first-order valence-corrected chi connectivity index (χ1v) is 6.89. The summed E-state index contributed by atoms with van der Waals surface area (Å²) in [6.45, 7) is 5.01. The molecule has 0 aliphatic rings. The Labute approximate surface area is 123 Å². The molecule has 0 amide bonds. The number of anilines is 1. The topological polar surface area (TPSA) is 51.0 Å². The lowest BCUT2D eigenvalue weighted by atomic mass is 10.1. The number of nitrogens with one attached hydrogen (secondary N) is 1. The van der Waals surface area contributed by atoms with Crippen molar-refractivity contribution in [3.05, 3.63) is 65.5 Å². The molecule has 1 N–H and O–H groups in total. The van der Waals surface area contributed by atoms with Crippen molar-refractivity contribution in [3.63, 3.8) is 0 Å². The first kappa shape index (κ1) is 13.4. The van der Waals surface area contributed by atoms with Crippen LogP contribution in [0, 0.1) is 13.8 Å². The van der Waals surface area contributed by atoms with Gasteiger partial charge >= 0.3 is 0 Å². The largest absolute Gasteiger partial charge is 0.423 e. The Balaban J connectivity index is 1.76. The summed E-state index contributed by atoms with van der Waals surface area (Å²) >= 11 is 0. The predicted molar refractivity (Wildman–Crippen MR) is 83.0 cm³/mol. The second-order valence-corrected chi connectivity index (χ2v) is 5.05. The average Bonchev–Trinajstić information content (AvgIpc) is 3.02. The first-order chi connectivity index (χ1) is 10.2. The van der Waals surface area contributed by atoms with Crippen molar-refractivity contribution in [1.29, 1.82) is 0 Å². The summed E-state index contributed by atoms with van der Waals surface area (Å²) in [5, 5.41) is 11.1. The van der Waals surface area contributed by atoms with Crippen LogP contribution in [0.4, 0.5) is 5.69 Å². The monoisotopic (exact) mass is 279 g/mol. The van der Waals surface area contributed by atoms with Gasteiger partial charge in [-0.05, 0) is 48.7 Å². The van der Waals surface area contributed by atoms with Crippen LogP contribution in [0.3, 0.4) is 0 Å². The van der Waals surface area contributed by atoms with E-state index in [1.165, 1.54) is 17.5 Å². The van der Waals surface area contributed by atoms with Crippen LogP contribution in [0.5, 0.6) is 0 Å². The Morgan fingerprint density at radius 1 is 1.05 bits per heavy atom. The van der Waals surface area contributed by atoms with E-state index in [0.717, 1.165) is 23.4 Å². The maximum Gasteiger partial charge on any atom is 0.247 e. The molecular formula is C17H17N3O. The van der Waals surface area contributed by atoms with Crippen molar-refractivity contribution in [2.75, 3.05) is 5.32 Å². The van der Waals surface area contributed by atoms with Gasteiger partial charge in [0, 0.05) is 17.8 Å². The van der Waals surface area contributed by atoms with Gasteiger partial charge in [0.2, 0.25) is 12.3 Å². The number of rotatable bonds is 4. The number of benzene rings is 2. The Kier molecular flexibility index (Phi) is 3.69. The van der Waals surface area contributed by atoms with E-state index in [4.69, 9.17) is 4.42 Å². The highest BCUT2D eigenvalue weighted by Crippen LogP contribution is 2.23. The Bertz CT molecular complexity index is 736. The molecule has 1 aromatic heterocycles. The van der Waals surface area contributed by atoms with Crippen LogP contribution in [0.1, 0.15) is 16.7 Å². The van der Waals surface area contributed by atoms with Gasteiger partial charge in [0.05, 0.1) is 0 Å². The van der Waals surface area contributed by atoms with Crippen molar-refractivity contribution in [2.45, 2.75) is 20.4 Å². The number of aryl methyl sites for hydroxylation is 2. The zero-order valence-corrected chi connectivity index (χ0v) is 12.1. The molecule has 0 spiro atoms. The molecule has 0 radical (unpaired) electrons. The highest BCUT2D eigenvalue weighted by Gasteiger charge is 2.06. The maximum atomic E-state index is 5.22. The molecule has 0 saturated heterocycles. The zero-order valence-electron chi connectivity index (χ0n) is 12.1. The van der Waals surface area contributed by atoms with E-state index in [9.17, 15) is 0 Å². The van der Waals surface area contributed by atoms with Gasteiger partial charge in [-0.2, -0.15) is 0 Å². The molecule has 1 heterocycles. The van der Waals surface area contributed by atoms with E-state index in [0.29, 0.717) is 5.89 Å². The van der Waals surface area contributed by atoms with E-state index >= 15 is 0 Å². The lowest BCUT2D eigenvalue weighted by Gasteiger charge is -2.12. The summed E-state index contributed by atoms with van der Waals surface area (Å²) in [6, 6.07) is 14.5. The fourth-order valence-corrected chi connectivity index (χ4v) is 2.29. The summed E-state index contributed by atoms with van der Waals surface area (Å²) < 4.78 is 5.22. The van der Waals surface area contributed by atoms with E-state index in [1.807, 2.05) is 18.2 Å². The van der Waals surface area contributed by atoms with Gasteiger partial charge in [0.15, 0.2) is 0 Å². The minimum atomic E-state index is 0.545. The maximum absolute atomic E-state index is 5.22. The van der Waals surface area contributed by atoms with Crippen molar-refractivity contribution in [3.8, 4) is 11.5 Å². The number of hydrogen-bond acceptors (Lipinski definition) is 4. The molecule has 0 fully saturated rings. The zero-order chi connectivity index (χ0) is 14.7. The van der Waals surface area contributed by atoms with Crippen molar-refractivity contribution < 1.29 is 4.42 Å². The number of nitrogens with zero attached hydrogens (tertiary/aromatic N) is 2. The molecule has 0 aliphatic heterocycles. The summed E-state index contributed by atoms with van der Waals surface area (Å²) in [7, 11) is 0.